The molecule has 1 fully saturated rings. The number of piperidine rings is 1. The van der Waals surface area contributed by atoms with Gasteiger partial charge in [-0.05, 0) is 25.5 Å². The van der Waals surface area contributed by atoms with Crippen LogP contribution in [0.4, 0.5) is 5.82 Å². The molecule has 162 valence electrons. The van der Waals surface area contributed by atoms with E-state index in [2.05, 4.69) is 30.3 Å². The van der Waals surface area contributed by atoms with Crippen LogP contribution in [0.2, 0.25) is 0 Å². The highest BCUT2D eigenvalue weighted by atomic mass is 16.5. The molecular weight excluding hydrogens is 394 g/mol. The number of fused-ring (bicyclic) bond motifs is 2. The summed E-state index contributed by atoms with van der Waals surface area (Å²) in [5.74, 6) is 0.840. The number of nitrogens with one attached hydrogen (secondary N) is 1. The molecule has 9 heteroatoms. The Bertz CT molecular complexity index is 1110. The molecule has 5 heterocycles. The summed E-state index contributed by atoms with van der Waals surface area (Å²) >= 11 is 0. The van der Waals surface area contributed by atoms with Gasteiger partial charge in [0.15, 0.2) is 0 Å². The molecule has 0 aromatic carbocycles. The van der Waals surface area contributed by atoms with Crippen LogP contribution in [0.15, 0.2) is 35.6 Å². The number of aromatic nitrogens is 5. The van der Waals surface area contributed by atoms with Gasteiger partial charge in [0.05, 0.1) is 37.2 Å². The number of ether oxygens (including phenoxy) is 1. The zero-order chi connectivity index (χ0) is 21.0. The van der Waals surface area contributed by atoms with Gasteiger partial charge in [-0.1, -0.05) is 6.42 Å². The van der Waals surface area contributed by atoms with Gasteiger partial charge in [-0.15, -0.1) is 0 Å². The van der Waals surface area contributed by atoms with Gasteiger partial charge >= 0.3 is 0 Å². The summed E-state index contributed by atoms with van der Waals surface area (Å²) in [5.41, 5.74) is 2.72. The van der Waals surface area contributed by atoms with Crippen LogP contribution < -0.4 is 10.9 Å². The van der Waals surface area contributed by atoms with E-state index in [9.17, 15) is 4.79 Å². The molecule has 31 heavy (non-hydrogen) atoms. The first-order valence-corrected chi connectivity index (χ1v) is 11.0. The fourth-order valence-electron chi connectivity index (χ4n) is 4.48. The minimum absolute atomic E-state index is 0.0444. The highest BCUT2D eigenvalue weighted by molar-refractivity contribution is 5.87. The number of hydrogen-bond acceptors (Lipinski definition) is 8. The zero-order valence-electron chi connectivity index (χ0n) is 17.5. The maximum atomic E-state index is 12.5. The second kappa shape index (κ2) is 9.07. The van der Waals surface area contributed by atoms with Crippen LogP contribution in [0, 0.1) is 0 Å². The van der Waals surface area contributed by atoms with Crippen molar-refractivity contribution in [3.05, 3.63) is 52.5 Å². The summed E-state index contributed by atoms with van der Waals surface area (Å²) in [6.07, 6.45) is 9.39. The van der Waals surface area contributed by atoms with E-state index in [0.29, 0.717) is 25.8 Å². The largest absolute Gasteiger partial charge is 0.376 e. The summed E-state index contributed by atoms with van der Waals surface area (Å²) in [4.78, 5) is 27.8. The first kappa shape index (κ1) is 20.0. The van der Waals surface area contributed by atoms with E-state index in [1.54, 1.807) is 29.5 Å². The highest BCUT2D eigenvalue weighted by Gasteiger charge is 2.23. The lowest BCUT2D eigenvalue weighted by atomic mass is 10.0. The van der Waals surface area contributed by atoms with Crippen molar-refractivity contribution in [2.75, 3.05) is 31.6 Å². The fourth-order valence-corrected chi connectivity index (χ4v) is 4.48. The maximum Gasteiger partial charge on any atom is 0.267 e. The lowest BCUT2D eigenvalue weighted by Crippen LogP contribution is -2.46. The van der Waals surface area contributed by atoms with Gasteiger partial charge in [0.2, 0.25) is 0 Å². The van der Waals surface area contributed by atoms with Gasteiger partial charge in [-0.25, -0.2) is 14.6 Å². The van der Waals surface area contributed by atoms with Crippen LogP contribution in [0.25, 0.3) is 10.9 Å². The molecule has 1 N–H and O–H groups in total. The summed E-state index contributed by atoms with van der Waals surface area (Å²) in [5, 5.41) is 9.11. The van der Waals surface area contributed by atoms with Gasteiger partial charge in [0.25, 0.3) is 5.56 Å². The second-order valence-electron chi connectivity index (χ2n) is 8.16. The Morgan fingerprint density at radius 1 is 1.23 bits per heavy atom. The molecule has 2 aliphatic heterocycles. The average Bonchev–Trinajstić information content (AvgIpc) is 2.82. The molecule has 2 aliphatic rings. The molecule has 0 amide bonds. The third-order valence-corrected chi connectivity index (χ3v) is 6.20. The minimum atomic E-state index is -0.0444. The van der Waals surface area contributed by atoms with Crippen molar-refractivity contribution in [3.63, 3.8) is 0 Å². The van der Waals surface area contributed by atoms with Crippen molar-refractivity contribution >= 4 is 16.7 Å². The molecular formula is C22H27N7O2. The number of pyridine rings is 1. The van der Waals surface area contributed by atoms with Crippen molar-refractivity contribution in [1.82, 2.24) is 29.6 Å². The van der Waals surface area contributed by atoms with Crippen LogP contribution in [0.5, 0.6) is 0 Å². The summed E-state index contributed by atoms with van der Waals surface area (Å²) in [7, 11) is 0. The van der Waals surface area contributed by atoms with Crippen molar-refractivity contribution in [2.24, 2.45) is 0 Å². The quantitative estimate of drug-likeness (QED) is 0.641. The van der Waals surface area contributed by atoms with Gasteiger partial charge in [-0.3, -0.25) is 14.7 Å². The van der Waals surface area contributed by atoms with Crippen molar-refractivity contribution in [3.8, 4) is 0 Å². The van der Waals surface area contributed by atoms with Crippen molar-refractivity contribution in [2.45, 2.75) is 44.9 Å². The first-order chi connectivity index (χ1) is 15.3. The van der Waals surface area contributed by atoms with Gasteiger partial charge in [0, 0.05) is 48.8 Å². The molecule has 1 atom stereocenters. The number of anilines is 1. The lowest BCUT2D eigenvalue weighted by Gasteiger charge is -2.36. The van der Waals surface area contributed by atoms with Crippen LogP contribution in [0.1, 0.15) is 30.5 Å². The maximum absolute atomic E-state index is 12.5. The van der Waals surface area contributed by atoms with Crippen LogP contribution in [-0.4, -0.2) is 61.9 Å². The predicted molar refractivity (Wildman–Crippen MR) is 117 cm³/mol. The zero-order valence-corrected chi connectivity index (χ0v) is 17.5. The summed E-state index contributed by atoms with van der Waals surface area (Å²) < 4.78 is 7.05. The second-order valence-corrected chi connectivity index (χ2v) is 8.16. The summed E-state index contributed by atoms with van der Waals surface area (Å²) in [6.45, 7) is 4.42. The Kier molecular flexibility index (Phi) is 5.86. The monoisotopic (exact) mass is 421 g/mol. The fraction of sp³-hybridized carbons (Fsp3) is 0.500. The molecule has 1 unspecified atom stereocenters. The highest BCUT2D eigenvalue weighted by Crippen LogP contribution is 2.21. The molecule has 1 saturated heterocycles. The SMILES string of the molecule is O=c1cc2c(nn1CCN1CCCCC1CNc1ncnc3cnccc13)CCOC2. The molecule has 0 bridgehead atoms. The molecule has 0 spiro atoms. The molecule has 9 nitrogen and oxygen atoms in total. The number of likely N-dealkylation sites (tertiary alicyclic amines) is 1. The van der Waals surface area contributed by atoms with Crippen LogP contribution >= 0.6 is 0 Å². The Balaban J connectivity index is 1.25. The van der Waals surface area contributed by atoms with Crippen molar-refractivity contribution in [1.29, 1.82) is 0 Å². The predicted octanol–water partition coefficient (Wildman–Crippen LogP) is 1.62. The standard InChI is InChI=1S/C22H27N7O2/c30-21-11-16-14-31-10-5-19(16)27-29(21)9-8-28-7-2-1-3-17(28)12-24-22-18-4-6-23-13-20(18)25-15-26-22/h4,6,11,13,15,17H,1-3,5,7-10,12,14H2,(H,24,25,26). The minimum Gasteiger partial charge on any atom is -0.376 e. The molecule has 3 aromatic heterocycles. The topological polar surface area (TPSA) is 98.1 Å². The number of nitrogens with zero attached hydrogens (tertiary/aromatic N) is 6. The van der Waals surface area contributed by atoms with E-state index in [-0.39, 0.29) is 5.56 Å². The first-order valence-electron chi connectivity index (χ1n) is 11.0. The van der Waals surface area contributed by atoms with E-state index in [1.807, 2.05) is 6.07 Å². The lowest BCUT2D eigenvalue weighted by molar-refractivity contribution is 0.107. The van der Waals surface area contributed by atoms with E-state index < -0.39 is 0 Å². The van der Waals surface area contributed by atoms with Crippen molar-refractivity contribution < 1.29 is 4.74 Å². The van der Waals surface area contributed by atoms with E-state index in [4.69, 9.17) is 4.74 Å². The molecule has 3 aromatic rings. The van der Waals surface area contributed by atoms with Gasteiger partial charge < -0.3 is 10.1 Å². The third-order valence-electron chi connectivity index (χ3n) is 6.20. The molecule has 0 radical (unpaired) electrons. The Hall–Kier alpha value is -2.91. The average molecular weight is 422 g/mol. The van der Waals surface area contributed by atoms with Crippen LogP contribution in [-0.2, 0) is 24.3 Å². The number of hydrogen-bond donors (Lipinski definition) is 1. The third kappa shape index (κ3) is 4.42. The molecule has 0 saturated carbocycles. The van der Waals surface area contributed by atoms with Gasteiger partial charge in [-0.2, -0.15) is 5.10 Å². The normalized spacial score (nSPS) is 19.3. The van der Waals surface area contributed by atoms with E-state index in [0.717, 1.165) is 60.5 Å². The number of rotatable bonds is 6. The Morgan fingerprint density at radius 3 is 3.16 bits per heavy atom. The molecule has 5 rings (SSSR count). The molecule has 0 aliphatic carbocycles. The van der Waals surface area contributed by atoms with Gasteiger partial charge in [0.1, 0.15) is 12.1 Å². The summed E-state index contributed by atoms with van der Waals surface area (Å²) in [6, 6.07) is 4.02. The van der Waals surface area contributed by atoms with E-state index in [1.165, 1.54) is 12.8 Å². The smallest absolute Gasteiger partial charge is 0.267 e. The Labute approximate surface area is 180 Å². The van der Waals surface area contributed by atoms with E-state index >= 15 is 0 Å². The van der Waals surface area contributed by atoms with Crippen LogP contribution in [0.3, 0.4) is 0 Å². The Morgan fingerprint density at radius 2 is 2.19 bits per heavy atom.